The standard InChI is InChI=1S/C13H12N4O3S.C5H6N4O2S.Na/c18-10-5-11-17(10)12(13(19)20)8(7-21-11)3-1-2-4-9-6-14-16-15-9;6-4(10)3(9-11)2-1-12-5(7)8-2;/h1-4,6,11H,5,7H2,(H,19,20)(H,14,15,16);1,11H,(H2,6,10)(H2,7,8);/q;;+1/p-1/b3-1-,4-2+;9-3-;/t11-;;/m0../s1. The van der Waals surface area contributed by atoms with Gasteiger partial charge in [-0.1, -0.05) is 23.4 Å². The monoisotopic (exact) mass is 512 g/mol. The fraction of sp³-hybridized carbons (Fsp3) is 0.167. The average Bonchev–Trinajstić information content (AvgIpc) is 3.43. The van der Waals surface area contributed by atoms with Crippen molar-refractivity contribution in [2.45, 2.75) is 11.8 Å². The SMILES string of the molecule is NC(=O)/C(=N\O)c1csc(N)n1.O=C([O-])C1=C(/C=C\C=C\c2cn[nH]n2)CS[C@H]2CC(=O)N12.[Na+]. The molecule has 1 fully saturated rings. The van der Waals surface area contributed by atoms with Crippen LogP contribution in [0.3, 0.4) is 0 Å². The molecular weight excluding hydrogens is 495 g/mol. The molecule has 2 aliphatic rings. The first kappa shape index (κ1) is 27.3. The number of allylic oxidation sites excluding steroid dienone is 3. The third kappa shape index (κ3) is 6.54. The largest absolute Gasteiger partial charge is 1.00 e. The van der Waals surface area contributed by atoms with Gasteiger partial charge in [-0.05, 0) is 11.6 Å². The third-order valence-corrected chi connectivity index (χ3v) is 6.20. The van der Waals surface area contributed by atoms with Crippen LogP contribution in [0.2, 0.25) is 0 Å². The summed E-state index contributed by atoms with van der Waals surface area (Å²) in [6.45, 7) is 0. The van der Waals surface area contributed by atoms with E-state index in [1.54, 1.807) is 42.3 Å². The van der Waals surface area contributed by atoms with Crippen molar-refractivity contribution < 1.29 is 54.3 Å². The van der Waals surface area contributed by atoms with Crippen LogP contribution in [0.5, 0.6) is 0 Å². The zero-order valence-electron chi connectivity index (χ0n) is 17.7. The number of aromatic amines is 1. The van der Waals surface area contributed by atoms with Gasteiger partial charge in [-0.15, -0.1) is 23.1 Å². The Labute approximate surface area is 223 Å². The number of nitrogens with two attached hydrogens (primary N) is 2. The quantitative estimate of drug-likeness (QED) is 0.0736. The Morgan fingerprint density at radius 1 is 1.35 bits per heavy atom. The van der Waals surface area contributed by atoms with Gasteiger partial charge in [0, 0.05) is 11.1 Å². The van der Waals surface area contributed by atoms with E-state index >= 15 is 0 Å². The molecule has 1 atom stereocenters. The van der Waals surface area contributed by atoms with Gasteiger partial charge in [0.1, 0.15) is 11.4 Å². The first-order chi connectivity index (χ1) is 15.8. The Morgan fingerprint density at radius 3 is 2.62 bits per heavy atom. The number of nitrogens with zero attached hydrogens (tertiary/aromatic N) is 5. The van der Waals surface area contributed by atoms with E-state index in [0.717, 1.165) is 11.3 Å². The predicted octanol–water partition coefficient (Wildman–Crippen LogP) is -3.92. The van der Waals surface area contributed by atoms with Crippen molar-refractivity contribution in [3.05, 3.63) is 52.5 Å². The Morgan fingerprint density at radius 2 is 2.09 bits per heavy atom. The number of nitrogen functional groups attached to an aromatic ring is 1. The van der Waals surface area contributed by atoms with Gasteiger partial charge in [0.2, 0.25) is 5.91 Å². The number of thiazole rings is 1. The van der Waals surface area contributed by atoms with Gasteiger partial charge >= 0.3 is 29.6 Å². The second-order valence-corrected chi connectivity index (χ2v) is 8.45. The second kappa shape index (κ2) is 12.5. The zero-order chi connectivity index (χ0) is 24.0. The van der Waals surface area contributed by atoms with Crippen molar-refractivity contribution in [3.8, 4) is 0 Å². The van der Waals surface area contributed by atoms with E-state index in [1.165, 1.54) is 10.3 Å². The van der Waals surface area contributed by atoms with Crippen LogP contribution in [-0.4, -0.2) is 65.1 Å². The molecule has 0 radical (unpaired) electrons. The number of hydrogen-bond acceptors (Lipinski definition) is 12. The second-order valence-electron chi connectivity index (χ2n) is 6.39. The molecule has 0 spiro atoms. The number of H-pyrrole nitrogens is 1. The number of β-lactam (4-membered cyclic amide) rings is 1. The molecule has 172 valence electrons. The minimum Gasteiger partial charge on any atom is -0.543 e. The van der Waals surface area contributed by atoms with E-state index in [1.807, 2.05) is 0 Å². The van der Waals surface area contributed by atoms with E-state index in [4.69, 9.17) is 16.7 Å². The summed E-state index contributed by atoms with van der Waals surface area (Å²) in [5.74, 6) is -1.78. The first-order valence-corrected chi connectivity index (χ1v) is 11.1. The Hall–Kier alpha value is -2.98. The Bertz CT molecular complexity index is 1170. The number of carbonyl (C=O) groups is 3. The Balaban J connectivity index is 0.000000270. The summed E-state index contributed by atoms with van der Waals surface area (Å²) in [5, 5.41) is 34.1. The number of rotatable bonds is 6. The molecule has 16 heteroatoms. The van der Waals surface area contributed by atoms with Gasteiger partial charge < -0.3 is 26.6 Å². The number of hydrogen-bond donors (Lipinski definition) is 4. The fourth-order valence-electron chi connectivity index (χ4n) is 2.79. The number of primary amides is 1. The minimum absolute atomic E-state index is 0. The number of thioether (sulfide) groups is 1. The molecule has 4 heterocycles. The molecule has 6 N–H and O–H groups in total. The summed E-state index contributed by atoms with van der Waals surface area (Å²) >= 11 is 2.69. The van der Waals surface area contributed by atoms with Crippen LogP contribution in [0, 0.1) is 0 Å². The van der Waals surface area contributed by atoms with Crippen LogP contribution in [0.1, 0.15) is 17.8 Å². The van der Waals surface area contributed by atoms with Crippen LogP contribution in [0.25, 0.3) is 6.08 Å². The molecule has 34 heavy (non-hydrogen) atoms. The van der Waals surface area contributed by atoms with Gasteiger partial charge in [-0.3, -0.25) is 14.5 Å². The maximum Gasteiger partial charge on any atom is 1.00 e. The number of fused-ring (bicyclic) bond motifs is 1. The molecular formula is C18H17N8NaO5S2. The minimum atomic E-state index is -1.31. The molecule has 13 nitrogen and oxygen atoms in total. The summed E-state index contributed by atoms with van der Waals surface area (Å²) in [6, 6.07) is 0. The van der Waals surface area contributed by atoms with Gasteiger partial charge in [-0.2, -0.15) is 15.4 Å². The maximum atomic E-state index is 11.5. The van der Waals surface area contributed by atoms with E-state index in [9.17, 15) is 19.5 Å². The maximum absolute atomic E-state index is 11.5. The summed E-state index contributed by atoms with van der Waals surface area (Å²) in [7, 11) is 0. The van der Waals surface area contributed by atoms with Gasteiger partial charge in [0.25, 0.3) is 5.91 Å². The van der Waals surface area contributed by atoms with Crippen LogP contribution >= 0.6 is 23.1 Å². The molecule has 2 amide bonds. The summed E-state index contributed by atoms with van der Waals surface area (Å²) in [5.41, 5.74) is 11.3. The van der Waals surface area contributed by atoms with Crippen molar-refractivity contribution in [3.63, 3.8) is 0 Å². The van der Waals surface area contributed by atoms with Crippen molar-refractivity contribution in [2.75, 3.05) is 11.5 Å². The van der Waals surface area contributed by atoms with E-state index < -0.39 is 11.9 Å². The molecule has 0 unspecified atom stereocenters. The number of nitrogens with one attached hydrogen (secondary N) is 1. The van der Waals surface area contributed by atoms with Crippen LogP contribution in [0.4, 0.5) is 5.13 Å². The number of aliphatic carboxylic acids is 1. The van der Waals surface area contributed by atoms with Crippen molar-refractivity contribution in [1.82, 2.24) is 25.3 Å². The molecule has 2 aromatic heterocycles. The molecule has 2 aromatic rings. The van der Waals surface area contributed by atoms with Crippen LogP contribution in [-0.2, 0) is 14.4 Å². The molecule has 0 saturated carbocycles. The smallest absolute Gasteiger partial charge is 0.543 e. The number of carbonyl (C=O) groups excluding carboxylic acids is 3. The van der Waals surface area contributed by atoms with Crippen LogP contribution in [0.15, 0.2) is 46.2 Å². The molecule has 0 aromatic carbocycles. The van der Waals surface area contributed by atoms with Gasteiger partial charge in [0.15, 0.2) is 10.8 Å². The van der Waals surface area contributed by atoms with E-state index in [0.29, 0.717) is 23.4 Å². The van der Waals surface area contributed by atoms with E-state index in [2.05, 4.69) is 25.6 Å². The molecule has 2 aliphatic heterocycles. The number of amides is 2. The first-order valence-electron chi connectivity index (χ1n) is 9.13. The van der Waals surface area contributed by atoms with Crippen LogP contribution < -0.4 is 46.1 Å². The third-order valence-electron chi connectivity index (χ3n) is 4.28. The zero-order valence-corrected chi connectivity index (χ0v) is 21.4. The van der Waals surface area contributed by atoms with Gasteiger partial charge in [0.05, 0.1) is 29.7 Å². The van der Waals surface area contributed by atoms with Crippen molar-refractivity contribution >= 4 is 57.8 Å². The van der Waals surface area contributed by atoms with Gasteiger partial charge in [-0.25, -0.2) is 4.98 Å². The number of anilines is 1. The Kier molecular flexibility index (Phi) is 10.0. The fourth-order valence-corrected chi connectivity index (χ4v) is 4.58. The molecule has 0 aliphatic carbocycles. The number of aromatic nitrogens is 4. The summed E-state index contributed by atoms with van der Waals surface area (Å²) in [6.07, 6.45) is 8.80. The predicted molar refractivity (Wildman–Crippen MR) is 118 cm³/mol. The summed E-state index contributed by atoms with van der Waals surface area (Å²) in [4.78, 5) is 38.4. The van der Waals surface area contributed by atoms with Crippen molar-refractivity contribution in [2.24, 2.45) is 10.9 Å². The average molecular weight is 513 g/mol. The molecule has 1 saturated heterocycles. The summed E-state index contributed by atoms with van der Waals surface area (Å²) < 4.78 is 0. The normalized spacial score (nSPS) is 17.6. The van der Waals surface area contributed by atoms with E-state index in [-0.39, 0.29) is 63.1 Å². The van der Waals surface area contributed by atoms with Crippen molar-refractivity contribution in [1.29, 1.82) is 0 Å². The number of oxime groups is 1. The number of carboxylic acid groups (broad SMARTS) is 1. The topological polar surface area (TPSA) is 217 Å². The molecule has 4 rings (SSSR count). The molecule has 0 bridgehead atoms. The number of carboxylic acids is 1.